The van der Waals surface area contributed by atoms with Crippen molar-refractivity contribution in [1.29, 1.82) is 0 Å². The van der Waals surface area contributed by atoms with Gasteiger partial charge >= 0.3 is 0 Å². The van der Waals surface area contributed by atoms with E-state index in [0.717, 1.165) is 25.0 Å². The van der Waals surface area contributed by atoms with Crippen molar-refractivity contribution in [3.8, 4) is 0 Å². The van der Waals surface area contributed by atoms with Gasteiger partial charge in [-0.2, -0.15) is 0 Å². The third-order valence-corrected chi connectivity index (χ3v) is 3.23. The molecule has 1 atom stereocenters. The van der Waals surface area contributed by atoms with E-state index in [9.17, 15) is 5.11 Å². The van der Waals surface area contributed by atoms with E-state index < -0.39 is 6.10 Å². The van der Waals surface area contributed by atoms with Gasteiger partial charge in [0.25, 0.3) is 0 Å². The third kappa shape index (κ3) is 3.35. The van der Waals surface area contributed by atoms with E-state index >= 15 is 0 Å². The molecule has 2 rings (SSSR count). The number of fused-ring (bicyclic) bond motifs is 1. The topological polar surface area (TPSA) is 57.4 Å². The highest BCUT2D eigenvalue weighted by Crippen LogP contribution is 2.20. The lowest BCUT2D eigenvalue weighted by molar-refractivity contribution is 0.0822. The zero-order valence-electron chi connectivity index (χ0n) is 11.3. The summed E-state index contributed by atoms with van der Waals surface area (Å²) >= 11 is 0. The molecule has 0 fully saturated rings. The maximum Gasteiger partial charge on any atom is 0.0949 e. The number of aliphatic hydroxyl groups is 2. The van der Waals surface area contributed by atoms with Crippen LogP contribution in [0.25, 0.3) is 10.9 Å². The summed E-state index contributed by atoms with van der Waals surface area (Å²) in [7, 11) is 0. The molecule has 0 bridgehead atoms. The molecule has 4 nitrogen and oxygen atoms in total. The molecule has 0 aliphatic carbocycles. The van der Waals surface area contributed by atoms with Gasteiger partial charge in [0.05, 0.1) is 24.8 Å². The largest absolute Gasteiger partial charge is 0.394 e. The quantitative estimate of drug-likeness (QED) is 0.663. The summed E-state index contributed by atoms with van der Waals surface area (Å²) in [6.07, 6.45) is 2.36. The van der Waals surface area contributed by atoms with E-state index in [4.69, 9.17) is 5.11 Å². The molecule has 2 aromatic rings. The highest BCUT2D eigenvalue weighted by atomic mass is 16.3. The van der Waals surface area contributed by atoms with Crippen LogP contribution in [0.1, 0.15) is 18.9 Å². The van der Waals surface area contributed by atoms with Gasteiger partial charge in [0, 0.05) is 12.7 Å². The average molecular weight is 262 g/mol. The second-order valence-corrected chi connectivity index (χ2v) is 4.84. The minimum Gasteiger partial charge on any atom is -0.394 e. The molecular weight excluding hydrogens is 240 g/mol. The van der Waals surface area contributed by atoms with E-state index in [2.05, 4.69) is 30.4 Å². The molecule has 0 saturated heterocycles. The fraction of sp³-hybridized carbons (Fsp3) is 0.467. The van der Waals surface area contributed by atoms with Crippen LogP contribution in [0.15, 0.2) is 30.5 Å². The molecule has 19 heavy (non-hydrogen) atoms. The summed E-state index contributed by atoms with van der Waals surface area (Å²) in [5.41, 5.74) is 2.36. The number of para-hydroxylation sites is 1. The lowest BCUT2D eigenvalue weighted by Gasteiger charge is -2.13. The summed E-state index contributed by atoms with van der Waals surface area (Å²) in [4.78, 5) is 0. The van der Waals surface area contributed by atoms with Crippen molar-refractivity contribution in [3.05, 3.63) is 36.0 Å². The standard InChI is InChI=1S/C15H22N2O2/c1-2-7-16-9-13-5-3-4-12-6-8-17(15(12)13)10-14(19)11-18/h3-6,8,14,16,18-19H,2,7,9-11H2,1H3. The second kappa shape index (κ2) is 6.70. The van der Waals surface area contributed by atoms with Crippen molar-refractivity contribution >= 4 is 10.9 Å². The molecule has 1 heterocycles. The van der Waals surface area contributed by atoms with Crippen molar-refractivity contribution in [1.82, 2.24) is 9.88 Å². The van der Waals surface area contributed by atoms with E-state index in [-0.39, 0.29) is 6.61 Å². The van der Waals surface area contributed by atoms with Gasteiger partial charge < -0.3 is 20.1 Å². The Morgan fingerprint density at radius 2 is 2.16 bits per heavy atom. The number of nitrogens with one attached hydrogen (secondary N) is 1. The molecular formula is C15H22N2O2. The Kier molecular flexibility index (Phi) is 4.96. The van der Waals surface area contributed by atoms with E-state index in [1.165, 1.54) is 10.9 Å². The minimum atomic E-state index is -0.716. The van der Waals surface area contributed by atoms with Crippen LogP contribution in [-0.2, 0) is 13.1 Å². The molecule has 0 saturated carbocycles. The van der Waals surface area contributed by atoms with E-state index in [0.29, 0.717) is 6.54 Å². The Morgan fingerprint density at radius 3 is 2.89 bits per heavy atom. The fourth-order valence-electron chi connectivity index (χ4n) is 2.32. The van der Waals surface area contributed by atoms with Crippen LogP contribution in [0, 0.1) is 0 Å². The highest BCUT2D eigenvalue weighted by Gasteiger charge is 2.09. The monoisotopic (exact) mass is 262 g/mol. The predicted molar refractivity (Wildman–Crippen MR) is 77.0 cm³/mol. The van der Waals surface area contributed by atoms with Crippen molar-refractivity contribution < 1.29 is 10.2 Å². The van der Waals surface area contributed by atoms with Crippen LogP contribution in [0.2, 0.25) is 0 Å². The van der Waals surface area contributed by atoms with Crippen molar-refractivity contribution in [2.45, 2.75) is 32.5 Å². The molecule has 4 heteroatoms. The summed E-state index contributed by atoms with van der Waals surface area (Å²) in [5, 5.41) is 23.2. The molecule has 1 aromatic heterocycles. The zero-order valence-corrected chi connectivity index (χ0v) is 11.3. The van der Waals surface area contributed by atoms with Crippen LogP contribution in [0.3, 0.4) is 0 Å². The van der Waals surface area contributed by atoms with Crippen LogP contribution >= 0.6 is 0 Å². The number of hydrogen-bond acceptors (Lipinski definition) is 3. The number of aromatic nitrogens is 1. The Balaban J connectivity index is 2.27. The maximum absolute atomic E-state index is 9.61. The molecule has 104 valence electrons. The van der Waals surface area contributed by atoms with Crippen LogP contribution in [0.4, 0.5) is 0 Å². The average Bonchev–Trinajstić information content (AvgIpc) is 2.83. The number of hydrogen-bond donors (Lipinski definition) is 3. The molecule has 0 aliphatic rings. The van der Waals surface area contributed by atoms with Gasteiger partial charge in [-0.15, -0.1) is 0 Å². The molecule has 0 aliphatic heterocycles. The van der Waals surface area contributed by atoms with Crippen LogP contribution in [0.5, 0.6) is 0 Å². The summed E-state index contributed by atoms with van der Waals surface area (Å²) < 4.78 is 2.01. The Morgan fingerprint density at radius 1 is 1.32 bits per heavy atom. The minimum absolute atomic E-state index is 0.212. The Labute approximate surface area is 113 Å². The Bertz CT molecular complexity index is 522. The van der Waals surface area contributed by atoms with Gasteiger partial charge in [-0.05, 0) is 30.0 Å². The molecule has 1 unspecified atom stereocenters. The van der Waals surface area contributed by atoms with Gasteiger partial charge in [0.1, 0.15) is 0 Å². The zero-order chi connectivity index (χ0) is 13.7. The van der Waals surface area contributed by atoms with Gasteiger partial charge in [-0.1, -0.05) is 25.1 Å². The number of rotatable bonds is 7. The van der Waals surface area contributed by atoms with Crippen LogP contribution < -0.4 is 5.32 Å². The smallest absolute Gasteiger partial charge is 0.0949 e. The van der Waals surface area contributed by atoms with E-state index in [1.807, 2.05) is 16.8 Å². The Hall–Kier alpha value is -1.36. The maximum atomic E-state index is 9.61. The van der Waals surface area contributed by atoms with Gasteiger partial charge in [-0.25, -0.2) is 0 Å². The second-order valence-electron chi connectivity index (χ2n) is 4.84. The van der Waals surface area contributed by atoms with Crippen LogP contribution in [-0.4, -0.2) is 34.0 Å². The molecule has 0 amide bonds. The number of aliphatic hydroxyl groups excluding tert-OH is 2. The van der Waals surface area contributed by atoms with Crippen molar-refractivity contribution in [2.75, 3.05) is 13.2 Å². The first-order chi connectivity index (χ1) is 9.26. The third-order valence-electron chi connectivity index (χ3n) is 3.23. The van der Waals surface area contributed by atoms with Crippen molar-refractivity contribution in [2.24, 2.45) is 0 Å². The number of nitrogens with zero attached hydrogens (tertiary/aromatic N) is 1. The fourth-order valence-corrected chi connectivity index (χ4v) is 2.32. The summed E-state index contributed by atoms with van der Waals surface area (Å²) in [5.74, 6) is 0. The van der Waals surface area contributed by atoms with Gasteiger partial charge in [0.15, 0.2) is 0 Å². The molecule has 1 aromatic carbocycles. The summed E-state index contributed by atoms with van der Waals surface area (Å²) in [6.45, 7) is 4.18. The van der Waals surface area contributed by atoms with E-state index in [1.54, 1.807) is 0 Å². The molecule has 0 spiro atoms. The highest BCUT2D eigenvalue weighted by molar-refractivity contribution is 5.83. The molecule has 0 radical (unpaired) electrons. The number of benzene rings is 1. The first-order valence-electron chi connectivity index (χ1n) is 6.82. The van der Waals surface area contributed by atoms with Gasteiger partial charge in [0.2, 0.25) is 0 Å². The summed E-state index contributed by atoms with van der Waals surface area (Å²) in [6, 6.07) is 8.27. The lowest BCUT2D eigenvalue weighted by atomic mass is 10.1. The van der Waals surface area contributed by atoms with Crippen molar-refractivity contribution in [3.63, 3.8) is 0 Å². The first-order valence-corrected chi connectivity index (χ1v) is 6.82. The predicted octanol–water partition coefficient (Wildman–Crippen LogP) is 1.49. The normalized spacial score (nSPS) is 13.0. The molecule has 3 N–H and O–H groups in total. The van der Waals surface area contributed by atoms with Gasteiger partial charge in [-0.3, -0.25) is 0 Å². The SMILES string of the molecule is CCCNCc1cccc2ccn(CC(O)CO)c12. The lowest BCUT2D eigenvalue weighted by Crippen LogP contribution is -2.20. The first kappa shape index (κ1) is 14.1.